The highest BCUT2D eigenvalue weighted by atomic mass is 19.3. The maximum Gasteiger partial charge on any atom is 0.387 e. The number of nitrogens with zero attached hydrogens (tertiary/aromatic N) is 1. The van der Waals surface area contributed by atoms with Gasteiger partial charge in [0, 0.05) is 0 Å². The van der Waals surface area contributed by atoms with Crippen LogP contribution < -0.4 is 14.9 Å². The Morgan fingerprint density at radius 1 is 1.08 bits per heavy atom. The van der Waals surface area contributed by atoms with Crippen molar-refractivity contribution in [3.05, 3.63) is 59.2 Å². The summed E-state index contributed by atoms with van der Waals surface area (Å²) in [6, 6.07) is 11.7. The summed E-state index contributed by atoms with van der Waals surface area (Å²) >= 11 is 0. The summed E-state index contributed by atoms with van der Waals surface area (Å²) < 4.78 is 34.0. The number of hydrogen-bond donors (Lipinski definition) is 1. The van der Waals surface area contributed by atoms with Gasteiger partial charge < -0.3 is 9.47 Å². The second kappa shape index (κ2) is 8.94. The molecule has 1 N–H and O–H groups in total. The Balaban J connectivity index is 1.88. The van der Waals surface area contributed by atoms with Crippen LogP contribution in [-0.4, -0.2) is 24.8 Å². The van der Waals surface area contributed by atoms with Gasteiger partial charge in [-0.3, -0.25) is 4.79 Å². The summed E-state index contributed by atoms with van der Waals surface area (Å²) in [6.45, 7) is 2.55. The Labute approximate surface area is 150 Å². The minimum Gasteiger partial charge on any atom is -0.484 e. The van der Waals surface area contributed by atoms with Gasteiger partial charge >= 0.3 is 6.61 Å². The molecule has 26 heavy (non-hydrogen) atoms. The Morgan fingerprint density at radius 2 is 1.69 bits per heavy atom. The van der Waals surface area contributed by atoms with Crippen molar-refractivity contribution < 1.29 is 23.0 Å². The summed E-state index contributed by atoms with van der Waals surface area (Å²) in [7, 11) is 0. The fraction of sp³-hybridized carbons (Fsp3) is 0.263. The molecule has 0 heterocycles. The molecule has 0 aliphatic rings. The molecule has 0 aliphatic carbocycles. The smallest absolute Gasteiger partial charge is 0.387 e. The SMILES string of the molecule is C/C(=N/NC(=O)COc1cc(C)cc(C)c1)c1ccc(OC(F)F)cc1. The number of rotatable bonds is 7. The first kappa shape index (κ1) is 19.4. The van der Waals surface area contributed by atoms with E-state index in [-0.39, 0.29) is 12.4 Å². The largest absolute Gasteiger partial charge is 0.484 e. The molecule has 0 fully saturated rings. The van der Waals surface area contributed by atoms with Crippen molar-refractivity contribution in [3.63, 3.8) is 0 Å². The first-order chi connectivity index (χ1) is 12.3. The molecular weight excluding hydrogens is 342 g/mol. The van der Waals surface area contributed by atoms with Crippen LogP contribution in [0.15, 0.2) is 47.6 Å². The van der Waals surface area contributed by atoms with Crippen LogP contribution in [0.1, 0.15) is 23.6 Å². The number of carbonyl (C=O) groups excluding carboxylic acids is 1. The Kier molecular flexibility index (Phi) is 6.66. The third-order valence-corrected chi connectivity index (χ3v) is 3.41. The lowest BCUT2D eigenvalue weighted by atomic mass is 10.1. The first-order valence-corrected chi connectivity index (χ1v) is 7.93. The van der Waals surface area contributed by atoms with Crippen molar-refractivity contribution in [2.45, 2.75) is 27.4 Å². The Morgan fingerprint density at radius 3 is 2.27 bits per heavy atom. The van der Waals surface area contributed by atoms with Gasteiger partial charge in [0.2, 0.25) is 0 Å². The molecule has 138 valence electrons. The molecule has 2 aromatic carbocycles. The fourth-order valence-corrected chi connectivity index (χ4v) is 2.29. The normalized spacial score (nSPS) is 11.4. The highest BCUT2D eigenvalue weighted by Crippen LogP contribution is 2.16. The lowest BCUT2D eigenvalue weighted by Crippen LogP contribution is -2.25. The molecule has 2 rings (SSSR count). The molecule has 0 saturated heterocycles. The first-order valence-electron chi connectivity index (χ1n) is 7.93. The molecule has 0 aliphatic heterocycles. The van der Waals surface area contributed by atoms with E-state index in [0.717, 1.165) is 11.1 Å². The molecule has 0 saturated carbocycles. The van der Waals surface area contributed by atoms with Crippen LogP contribution in [0.25, 0.3) is 0 Å². The quantitative estimate of drug-likeness (QED) is 0.602. The van der Waals surface area contributed by atoms with Crippen LogP contribution in [0.4, 0.5) is 8.78 Å². The number of ether oxygens (including phenoxy) is 2. The number of benzene rings is 2. The van der Waals surface area contributed by atoms with E-state index in [4.69, 9.17) is 4.74 Å². The molecule has 0 aromatic heterocycles. The maximum atomic E-state index is 12.1. The van der Waals surface area contributed by atoms with E-state index >= 15 is 0 Å². The number of alkyl halides is 2. The van der Waals surface area contributed by atoms with Gasteiger partial charge in [0.15, 0.2) is 6.61 Å². The van der Waals surface area contributed by atoms with Crippen molar-refractivity contribution in [1.29, 1.82) is 0 Å². The van der Waals surface area contributed by atoms with Crippen LogP contribution in [0.5, 0.6) is 11.5 Å². The van der Waals surface area contributed by atoms with Crippen molar-refractivity contribution in [2.24, 2.45) is 5.10 Å². The van der Waals surface area contributed by atoms with E-state index < -0.39 is 12.5 Å². The van der Waals surface area contributed by atoms with Crippen molar-refractivity contribution in [3.8, 4) is 11.5 Å². The maximum absolute atomic E-state index is 12.1. The second-order valence-corrected chi connectivity index (χ2v) is 5.75. The number of hydrogen-bond acceptors (Lipinski definition) is 4. The predicted octanol–water partition coefficient (Wildman–Crippen LogP) is 3.82. The average Bonchev–Trinajstić information content (AvgIpc) is 2.57. The van der Waals surface area contributed by atoms with Crippen LogP contribution in [0, 0.1) is 13.8 Å². The van der Waals surface area contributed by atoms with Crippen molar-refractivity contribution >= 4 is 11.6 Å². The molecule has 2 aromatic rings. The monoisotopic (exact) mass is 362 g/mol. The third-order valence-electron chi connectivity index (χ3n) is 3.41. The standard InChI is InChI=1S/C19H20F2N2O3/c1-12-8-13(2)10-17(9-12)25-11-18(24)23-22-14(3)15-4-6-16(7-5-15)26-19(20)21/h4-10,19H,11H2,1-3H3,(H,23,24)/b22-14-. The summed E-state index contributed by atoms with van der Waals surface area (Å²) in [4.78, 5) is 11.9. The number of carbonyl (C=O) groups is 1. The van der Waals surface area contributed by atoms with E-state index in [1.165, 1.54) is 12.1 Å². The number of aryl methyl sites for hydroxylation is 2. The fourth-order valence-electron chi connectivity index (χ4n) is 2.29. The summed E-state index contributed by atoms with van der Waals surface area (Å²) in [5.74, 6) is 0.275. The Bertz CT molecular complexity index is 770. The average molecular weight is 362 g/mol. The molecule has 0 spiro atoms. The van der Waals surface area contributed by atoms with Gasteiger partial charge in [0.1, 0.15) is 11.5 Å². The molecule has 5 nitrogen and oxygen atoms in total. The van der Waals surface area contributed by atoms with Gasteiger partial charge in [-0.15, -0.1) is 0 Å². The molecule has 0 unspecified atom stereocenters. The van der Waals surface area contributed by atoms with Crippen LogP contribution >= 0.6 is 0 Å². The number of halogens is 2. The molecule has 7 heteroatoms. The highest BCUT2D eigenvalue weighted by molar-refractivity contribution is 5.99. The van der Waals surface area contributed by atoms with E-state index in [9.17, 15) is 13.6 Å². The van der Waals surface area contributed by atoms with Crippen LogP contribution in [0.3, 0.4) is 0 Å². The molecule has 0 radical (unpaired) electrons. The van der Waals surface area contributed by atoms with Crippen molar-refractivity contribution in [1.82, 2.24) is 5.43 Å². The van der Waals surface area contributed by atoms with Crippen LogP contribution in [-0.2, 0) is 4.79 Å². The highest BCUT2D eigenvalue weighted by Gasteiger charge is 2.06. The topological polar surface area (TPSA) is 59.9 Å². The van der Waals surface area contributed by atoms with Gasteiger partial charge in [-0.25, -0.2) is 5.43 Å². The summed E-state index contributed by atoms with van der Waals surface area (Å²) in [6.07, 6.45) is 0. The minimum absolute atomic E-state index is 0.0578. The van der Waals surface area contributed by atoms with Gasteiger partial charge in [-0.1, -0.05) is 6.07 Å². The van der Waals surface area contributed by atoms with Gasteiger partial charge in [0.05, 0.1) is 5.71 Å². The lowest BCUT2D eigenvalue weighted by molar-refractivity contribution is -0.123. The van der Waals surface area contributed by atoms with E-state index in [1.807, 2.05) is 32.0 Å². The third kappa shape index (κ3) is 6.16. The van der Waals surface area contributed by atoms with Gasteiger partial charge in [-0.05, 0) is 73.9 Å². The van der Waals surface area contributed by atoms with Gasteiger partial charge in [-0.2, -0.15) is 13.9 Å². The molecule has 1 amide bonds. The zero-order valence-corrected chi connectivity index (χ0v) is 14.8. The lowest BCUT2D eigenvalue weighted by Gasteiger charge is -2.08. The Hall–Kier alpha value is -2.96. The van der Waals surface area contributed by atoms with E-state index in [2.05, 4.69) is 15.3 Å². The van der Waals surface area contributed by atoms with E-state index in [1.54, 1.807) is 19.1 Å². The predicted molar refractivity (Wildman–Crippen MR) is 94.8 cm³/mol. The van der Waals surface area contributed by atoms with Crippen LogP contribution in [0.2, 0.25) is 0 Å². The minimum atomic E-state index is -2.87. The second-order valence-electron chi connectivity index (χ2n) is 5.75. The summed E-state index contributed by atoms with van der Waals surface area (Å²) in [5.41, 5.74) is 5.69. The zero-order valence-electron chi connectivity index (χ0n) is 14.8. The van der Waals surface area contributed by atoms with E-state index in [0.29, 0.717) is 17.0 Å². The zero-order chi connectivity index (χ0) is 19.1. The van der Waals surface area contributed by atoms with Crippen molar-refractivity contribution in [2.75, 3.05) is 6.61 Å². The number of nitrogens with one attached hydrogen (secondary N) is 1. The molecule has 0 atom stereocenters. The van der Waals surface area contributed by atoms with Gasteiger partial charge in [0.25, 0.3) is 5.91 Å². The number of amides is 1. The summed E-state index contributed by atoms with van der Waals surface area (Å²) in [5, 5.41) is 3.98. The molecule has 0 bridgehead atoms. The molecular formula is C19H20F2N2O3. The number of hydrazone groups is 1.